The lowest BCUT2D eigenvalue weighted by atomic mass is 10.0. The summed E-state index contributed by atoms with van der Waals surface area (Å²) < 4.78 is 0. The Bertz CT molecular complexity index is 1070. The van der Waals surface area contributed by atoms with Crippen LogP contribution in [0.1, 0.15) is 42.4 Å². The lowest BCUT2D eigenvalue weighted by molar-refractivity contribution is -0.117. The van der Waals surface area contributed by atoms with Crippen molar-refractivity contribution in [2.45, 2.75) is 33.1 Å². The van der Waals surface area contributed by atoms with Crippen molar-refractivity contribution in [1.82, 2.24) is 14.9 Å². The van der Waals surface area contributed by atoms with Crippen molar-refractivity contribution in [3.63, 3.8) is 0 Å². The highest BCUT2D eigenvalue weighted by atomic mass is 16.2. The van der Waals surface area contributed by atoms with E-state index in [-0.39, 0.29) is 5.91 Å². The first-order chi connectivity index (χ1) is 16.0. The van der Waals surface area contributed by atoms with Crippen molar-refractivity contribution in [1.29, 1.82) is 0 Å². The van der Waals surface area contributed by atoms with Crippen LogP contribution in [-0.4, -0.2) is 53.5 Å². The molecule has 33 heavy (non-hydrogen) atoms. The molecule has 0 aliphatic carbocycles. The maximum atomic E-state index is 12.8. The van der Waals surface area contributed by atoms with Crippen molar-refractivity contribution in [3.8, 4) is 0 Å². The predicted molar refractivity (Wildman–Crippen MR) is 134 cm³/mol. The van der Waals surface area contributed by atoms with Crippen molar-refractivity contribution in [3.05, 3.63) is 83.3 Å². The van der Waals surface area contributed by atoms with Gasteiger partial charge < -0.3 is 10.2 Å². The molecule has 0 bridgehead atoms. The normalized spacial score (nSPS) is 14.5. The Morgan fingerprint density at radius 2 is 1.67 bits per heavy atom. The van der Waals surface area contributed by atoms with Gasteiger partial charge in [0.25, 0.3) is 0 Å². The highest BCUT2D eigenvalue weighted by molar-refractivity contribution is 5.93. The molecule has 6 heteroatoms. The third kappa shape index (κ3) is 6.17. The fourth-order valence-corrected chi connectivity index (χ4v) is 4.13. The minimum atomic E-state index is 0.0314. The number of para-hydroxylation sites is 1. The number of rotatable bonds is 7. The Balaban J connectivity index is 1.32. The molecule has 1 N–H and O–H groups in total. The molecular weight excluding hydrogens is 410 g/mol. The first-order valence-corrected chi connectivity index (χ1v) is 11.7. The van der Waals surface area contributed by atoms with E-state index in [2.05, 4.69) is 58.2 Å². The summed E-state index contributed by atoms with van der Waals surface area (Å²) in [5.74, 6) is 2.22. The van der Waals surface area contributed by atoms with E-state index < -0.39 is 0 Å². The molecule has 1 aliphatic heterocycles. The van der Waals surface area contributed by atoms with Gasteiger partial charge in [0.1, 0.15) is 11.6 Å². The standard InChI is InChI=1S/C27H33N5O/c1-20(2)27-28-21(3)17-25(30-27)32-15-13-31(14-16-32)19-26(33)29-24-12-8-7-11-23(24)18-22-9-5-4-6-10-22/h4-12,17,20H,13-16,18-19H2,1-3H3,(H,29,33). The number of amides is 1. The van der Waals surface area contributed by atoms with Crippen LogP contribution in [0, 0.1) is 6.92 Å². The van der Waals surface area contributed by atoms with Gasteiger partial charge in [0, 0.05) is 49.5 Å². The van der Waals surface area contributed by atoms with Crippen LogP contribution in [0.3, 0.4) is 0 Å². The van der Waals surface area contributed by atoms with E-state index in [0.29, 0.717) is 12.5 Å². The van der Waals surface area contributed by atoms with E-state index in [1.807, 2.05) is 43.3 Å². The van der Waals surface area contributed by atoms with Gasteiger partial charge in [0.2, 0.25) is 5.91 Å². The molecule has 0 unspecified atom stereocenters. The average molecular weight is 444 g/mol. The number of carbonyl (C=O) groups excluding carboxylic acids is 1. The summed E-state index contributed by atoms with van der Waals surface area (Å²) >= 11 is 0. The van der Waals surface area contributed by atoms with Crippen LogP contribution >= 0.6 is 0 Å². The number of nitrogens with zero attached hydrogens (tertiary/aromatic N) is 4. The Hall–Kier alpha value is -3.25. The monoisotopic (exact) mass is 443 g/mol. The molecule has 1 saturated heterocycles. The molecule has 1 amide bonds. The topological polar surface area (TPSA) is 61.4 Å². The van der Waals surface area contributed by atoms with Gasteiger partial charge in [0.05, 0.1) is 6.54 Å². The zero-order chi connectivity index (χ0) is 23.2. The van der Waals surface area contributed by atoms with Gasteiger partial charge in [-0.15, -0.1) is 0 Å². The molecule has 0 atom stereocenters. The quantitative estimate of drug-likeness (QED) is 0.591. The SMILES string of the molecule is Cc1cc(N2CCN(CC(=O)Nc3ccccc3Cc3ccccc3)CC2)nc(C(C)C)n1. The molecule has 4 rings (SSSR count). The van der Waals surface area contributed by atoms with Gasteiger partial charge in [-0.05, 0) is 30.5 Å². The largest absolute Gasteiger partial charge is 0.354 e. The van der Waals surface area contributed by atoms with Crippen LogP contribution in [0.2, 0.25) is 0 Å². The molecule has 0 spiro atoms. The third-order valence-electron chi connectivity index (χ3n) is 5.97. The summed E-state index contributed by atoms with van der Waals surface area (Å²) in [6.07, 6.45) is 0.798. The van der Waals surface area contributed by atoms with E-state index >= 15 is 0 Å². The maximum absolute atomic E-state index is 12.8. The minimum Gasteiger partial charge on any atom is -0.354 e. The van der Waals surface area contributed by atoms with Gasteiger partial charge in [-0.25, -0.2) is 9.97 Å². The summed E-state index contributed by atoms with van der Waals surface area (Å²) in [6.45, 7) is 10.0. The molecule has 0 saturated carbocycles. The highest BCUT2D eigenvalue weighted by Crippen LogP contribution is 2.20. The number of aromatic nitrogens is 2. The zero-order valence-corrected chi connectivity index (χ0v) is 19.8. The highest BCUT2D eigenvalue weighted by Gasteiger charge is 2.21. The van der Waals surface area contributed by atoms with Crippen LogP contribution in [0.5, 0.6) is 0 Å². The number of anilines is 2. The Morgan fingerprint density at radius 1 is 0.970 bits per heavy atom. The number of carbonyl (C=O) groups is 1. The van der Waals surface area contributed by atoms with Gasteiger partial charge in [0.15, 0.2) is 0 Å². The molecule has 6 nitrogen and oxygen atoms in total. The number of piperazine rings is 1. The number of nitrogens with one attached hydrogen (secondary N) is 1. The van der Waals surface area contributed by atoms with Crippen LogP contribution in [0.4, 0.5) is 11.5 Å². The van der Waals surface area contributed by atoms with Crippen molar-refractivity contribution >= 4 is 17.4 Å². The van der Waals surface area contributed by atoms with Crippen LogP contribution in [-0.2, 0) is 11.2 Å². The number of aryl methyl sites for hydroxylation is 1. The molecule has 2 aromatic carbocycles. The van der Waals surface area contributed by atoms with E-state index in [0.717, 1.165) is 61.2 Å². The lowest BCUT2D eigenvalue weighted by Gasteiger charge is -2.35. The summed E-state index contributed by atoms with van der Waals surface area (Å²) in [5.41, 5.74) is 4.25. The molecule has 2 heterocycles. The Kier molecular flexibility index (Phi) is 7.35. The van der Waals surface area contributed by atoms with Crippen molar-refractivity contribution in [2.24, 2.45) is 0 Å². The van der Waals surface area contributed by atoms with Crippen molar-refractivity contribution in [2.75, 3.05) is 42.9 Å². The number of hydrogen-bond acceptors (Lipinski definition) is 5. The van der Waals surface area contributed by atoms with Gasteiger partial charge in [-0.2, -0.15) is 0 Å². The summed E-state index contributed by atoms with van der Waals surface area (Å²) in [4.78, 5) is 26.6. The first-order valence-electron chi connectivity index (χ1n) is 11.7. The molecule has 3 aromatic rings. The maximum Gasteiger partial charge on any atom is 0.238 e. The third-order valence-corrected chi connectivity index (χ3v) is 5.97. The fourth-order valence-electron chi connectivity index (χ4n) is 4.13. The second-order valence-electron chi connectivity index (χ2n) is 9.01. The van der Waals surface area contributed by atoms with Gasteiger partial charge in [-0.1, -0.05) is 62.4 Å². The molecule has 172 valence electrons. The van der Waals surface area contributed by atoms with E-state index in [1.165, 1.54) is 5.56 Å². The molecule has 1 aliphatic rings. The Labute approximate surface area is 196 Å². The van der Waals surface area contributed by atoms with Crippen molar-refractivity contribution < 1.29 is 4.79 Å². The second kappa shape index (κ2) is 10.6. The predicted octanol–water partition coefficient (Wildman–Crippen LogP) is 4.26. The summed E-state index contributed by atoms with van der Waals surface area (Å²) in [6, 6.07) is 20.4. The number of hydrogen-bond donors (Lipinski definition) is 1. The number of benzene rings is 2. The fraction of sp³-hybridized carbons (Fsp3) is 0.370. The molecule has 0 radical (unpaired) electrons. The van der Waals surface area contributed by atoms with E-state index in [4.69, 9.17) is 4.98 Å². The van der Waals surface area contributed by atoms with Gasteiger partial charge in [-0.3, -0.25) is 9.69 Å². The van der Waals surface area contributed by atoms with Gasteiger partial charge >= 0.3 is 0 Å². The average Bonchev–Trinajstić information content (AvgIpc) is 2.81. The lowest BCUT2D eigenvalue weighted by Crippen LogP contribution is -2.49. The van der Waals surface area contributed by atoms with E-state index in [1.54, 1.807) is 0 Å². The van der Waals surface area contributed by atoms with Crippen LogP contribution in [0.15, 0.2) is 60.7 Å². The van der Waals surface area contributed by atoms with E-state index in [9.17, 15) is 4.79 Å². The van der Waals surface area contributed by atoms with Crippen LogP contribution in [0.25, 0.3) is 0 Å². The molecular formula is C27H33N5O. The summed E-state index contributed by atoms with van der Waals surface area (Å²) in [5, 5.41) is 3.13. The molecule has 1 fully saturated rings. The van der Waals surface area contributed by atoms with Crippen LogP contribution < -0.4 is 10.2 Å². The minimum absolute atomic E-state index is 0.0314. The first kappa shape index (κ1) is 22.9. The Morgan fingerprint density at radius 3 is 2.39 bits per heavy atom. The zero-order valence-electron chi connectivity index (χ0n) is 19.8. The summed E-state index contributed by atoms with van der Waals surface area (Å²) in [7, 11) is 0. The second-order valence-corrected chi connectivity index (χ2v) is 9.01. The molecule has 1 aromatic heterocycles. The smallest absolute Gasteiger partial charge is 0.238 e.